The summed E-state index contributed by atoms with van der Waals surface area (Å²) in [7, 11) is -3.13. The average molecular weight is 561 g/mol. The summed E-state index contributed by atoms with van der Waals surface area (Å²) >= 11 is -0.915. The van der Waals surface area contributed by atoms with Gasteiger partial charge in [0.15, 0.2) is 0 Å². The van der Waals surface area contributed by atoms with E-state index in [4.69, 9.17) is 14.4 Å². The van der Waals surface area contributed by atoms with Crippen molar-refractivity contribution in [1.82, 2.24) is 0 Å². The molecule has 0 saturated carbocycles. The van der Waals surface area contributed by atoms with Crippen LogP contribution in [0.4, 0.5) is 0 Å². The van der Waals surface area contributed by atoms with Gasteiger partial charge >= 0.3 is 231 Å². The molecule has 2 aromatic carbocycles. The maximum absolute atomic E-state index is 11.0. The Balaban J connectivity index is 0.00000159. The van der Waals surface area contributed by atoms with Crippen LogP contribution in [-0.4, -0.2) is 53.8 Å². The molecule has 0 fully saturated rings. The van der Waals surface area contributed by atoms with Crippen LogP contribution >= 0.6 is 8.25 Å². The molecule has 0 aliphatic carbocycles. The van der Waals surface area contributed by atoms with Crippen LogP contribution in [0.25, 0.3) is 0 Å². The molecule has 5 nitrogen and oxygen atoms in total. The molecule has 0 aliphatic heterocycles. The quantitative estimate of drug-likeness (QED) is 0.237. The average Bonchev–Trinajstić information content (AvgIpc) is 2.66. The molecule has 0 bridgehead atoms. The van der Waals surface area contributed by atoms with Crippen molar-refractivity contribution in [3.8, 4) is 11.5 Å². The molecule has 0 amide bonds. The van der Waals surface area contributed by atoms with Gasteiger partial charge in [-0.2, -0.15) is 0 Å². The smallest absolute Gasteiger partial charge is 0.314 e. The molecule has 0 heterocycles. The van der Waals surface area contributed by atoms with Gasteiger partial charge in [0.2, 0.25) is 0 Å². The van der Waals surface area contributed by atoms with Gasteiger partial charge in [-0.1, -0.05) is 0 Å². The van der Waals surface area contributed by atoms with Crippen molar-refractivity contribution in [2.45, 2.75) is 110 Å². The molecule has 37 heavy (non-hydrogen) atoms. The molecule has 7 heteroatoms. The summed E-state index contributed by atoms with van der Waals surface area (Å²) < 4.78 is 11.0. The van der Waals surface area contributed by atoms with Crippen molar-refractivity contribution in [3.05, 3.63) is 57.6 Å². The number of aromatic hydroxyl groups is 2. The molecule has 0 unspecified atom stereocenters. The third kappa shape index (κ3) is 10.5. The summed E-state index contributed by atoms with van der Waals surface area (Å²) in [5.41, 5.74) is 6.61. The van der Waals surface area contributed by atoms with E-state index in [1.54, 1.807) is 0 Å². The van der Waals surface area contributed by atoms with Crippen LogP contribution in [0, 0.1) is 0 Å². The minimum absolute atomic E-state index is 0.0900. The van der Waals surface area contributed by atoms with Crippen LogP contribution in [0.15, 0.2) is 24.3 Å². The second-order valence-electron chi connectivity index (χ2n) is 14.2. The molecular formula is C30H49CaO5P. The number of hydrogen-bond acceptors (Lipinski definition) is 3. The van der Waals surface area contributed by atoms with E-state index in [-0.39, 0.29) is 21.7 Å². The fraction of sp³-hybridized carbons (Fsp3) is 0.600. The maximum Gasteiger partial charge on any atom is 0.314 e. The van der Waals surface area contributed by atoms with E-state index in [9.17, 15) is 10.2 Å². The van der Waals surface area contributed by atoms with Gasteiger partial charge < -0.3 is 9.79 Å². The largest absolute Gasteiger partial charge is 0.326 e. The fourth-order valence-corrected chi connectivity index (χ4v) is 6.91. The summed E-state index contributed by atoms with van der Waals surface area (Å²) in [5.74, 6) is 0.934. The number of phenolic OH excluding ortho intramolecular Hbond substituents is 2. The first-order valence-electron chi connectivity index (χ1n) is 13.1. The topological polar surface area (TPSA) is 98.0 Å². The van der Waals surface area contributed by atoms with E-state index in [1.165, 1.54) is 11.1 Å². The Hall–Kier alpha value is -0.550. The van der Waals surface area contributed by atoms with E-state index in [1.807, 2.05) is 0 Å². The van der Waals surface area contributed by atoms with Gasteiger partial charge in [-0.05, 0) is 0 Å². The summed E-state index contributed by atoms with van der Waals surface area (Å²) in [5, 5.41) is 22.0. The number of hydrogen-bond donors (Lipinski definition) is 4. The van der Waals surface area contributed by atoms with Crippen molar-refractivity contribution < 1.29 is 24.6 Å². The maximum atomic E-state index is 11.0. The summed E-state index contributed by atoms with van der Waals surface area (Å²) in [6, 6.07) is 8.98. The molecule has 4 N–H and O–H groups in total. The molecule has 0 aliphatic rings. The normalized spacial score (nSPS) is 12.7. The van der Waals surface area contributed by atoms with Gasteiger partial charge in [0.25, 0.3) is 0 Å². The second kappa shape index (κ2) is 12.7. The third-order valence-electron chi connectivity index (χ3n) is 6.50. The molecule has 0 aromatic heterocycles. The molecule has 206 valence electrons. The van der Waals surface area contributed by atoms with E-state index in [0.717, 1.165) is 27.3 Å². The van der Waals surface area contributed by atoms with E-state index in [0.29, 0.717) is 11.5 Å². The van der Waals surface area contributed by atoms with Crippen LogP contribution in [0.3, 0.4) is 0 Å². The van der Waals surface area contributed by atoms with Gasteiger partial charge in [0.1, 0.15) is 0 Å². The predicted molar refractivity (Wildman–Crippen MR) is 158 cm³/mol. The Bertz CT molecular complexity index is 941. The summed E-state index contributed by atoms with van der Waals surface area (Å²) in [6.07, 6.45) is 0. The number of rotatable bonds is 4. The Morgan fingerprint density at radius 3 is 0.919 bits per heavy atom. The van der Waals surface area contributed by atoms with Crippen molar-refractivity contribution >= 4 is 42.1 Å². The zero-order valence-electron chi connectivity index (χ0n) is 25.1. The molecule has 2 rings (SSSR count). The first-order valence-corrected chi connectivity index (χ1v) is 17.5. The minimum atomic E-state index is -3.13. The van der Waals surface area contributed by atoms with Gasteiger partial charge in [-0.15, -0.1) is 0 Å². The molecule has 0 radical (unpaired) electrons. The van der Waals surface area contributed by atoms with Crippen LogP contribution < -0.4 is 0 Å². The standard InChI is InChI=1S/2C15H23O.Ca.H3O3P/c2*1-10-8-11(14(2,3)4)13(16)12(9-10)15(5,6)7;;1-4(2)3/h2*8-9,16H,1H2,2-7H3;;4H,(H2,1,2,3). The molecule has 0 atom stereocenters. The van der Waals surface area contributed by atoms with Gasteiger partial charge in [-0.3, -0.25) is 4.57 Å². The minimum Gasteiger partial charge on any atom is -0.326 e. The fourth-order valence-electron chi connectivity index (χ4n) is 4.46. The van der Waals surface area contributed by atoms with Crippen molar-refractivity contribution in [1.29, 1.82) is 0 Å². The van der Waals surface area contributed by atoms with Gasteiger partial charge in [-0.25, -0.2) is 0 Å². The van der Waals surface area contributed by atoms with Crippen molar-refractivity contribution in [3.63, 3.8) is 0 Å². The van der Waals surface area contributed by atoms with E-state index in [2.05, 4.69) is 107 Å². The third-order valence-corrected chi connectivity index (χ3v) is 9.41. The van der Waals surface area contributed by atoms with Gasteiger partial charge in [0.05, 0.1) is 0 Å². The summed E-state index contributed by atoms with van der Waals surface area (Å²) in [6.45, 7) is 26.1. The van der Waals surface area contributed by atoms with E-state index >= 15 is 0 Å². The van der Waals surface area contributed by atoms with Crippen LogP contribution in [0.1, 0.15) is 116 Å². The Kier molecular flexibility index (Phi) is 11.9. The molecule has 2 aromatic rings. The van der Waals surface area contributed by atoms with Crippen LogP contribution in [-0.2, 0) is 31.3 Å². The Labute approximate surface area is 244 Å². The summed E-state index contributed by atoms with van der Waals surface area (Å²) in [4.78, 5) is 14.3. The monoisotopic (exact) mass is 560 g/mol. The van der Waals surface area contributed by atoms with Gasteiger partial charge in [0, 0.05) is 0 Å². The van der Waals surface area contributed by atoms with Crippen LogP contribution in [0.2, 0.25) is 0 Å². The zero-order chi connectivity index (χ0) is 29.1. The van der Waals surface area contributed by atoms with Crippen molar-refractivity contribution in [2.24, 2.45) is 0 Å². The number of benzene rings is 2. The molecule has 0 saturated heterocycles. The molecular weight excluding hydrogens is 511 g/mol. The number of phenols is 2. The van der Waals surface area contributed by atoms with Crippen LogP contribution in [0.5, 0.6) is 11.5 Å². The van der Waals surface area contributed by atoms with Crippen molar-refractivity contribution in [2.75, 3.05) is 0 Å². The molecule has 0 spiro atoms. The predicted octanol–water partition coefficient (Wildman–Crippen LogP) is 7.05. The Morgan fingerprint density at radius 1 is 0.568 bits per heavy atom. The zero-order valence-corrected chi connectivity index (χ0v) is 28.3. The first-order chi connectivity index (χ1) is 16.5. The SMILES string of the molecule is CC(C)(C)c1cc([CH2][Ca][CH2]c2cc(C(C)(C)C)c(O)c(C(C)(C)C)c2)cc(C(C)(C)C)c1O.O=[PH](O)O. The first kappa shape index (κ1) is 34.5. The Morgan fingerprint density at radius 2 is 0.757 bits per heavy atom. The van der Waals surface area contributed by atoms with E-state index < -0.39 is 42.1 Å². The second-order valence-corrected chi connectivity index (χ2v) is 17.4.